The van der Waals surface area contributed by atoms with Gasteiger partial charge in [0.05, 0.1) is 5.69 Å². The van der Waals surface area contributed by atoms with E-state index in [4.69, 9.17) is 5.73 Å². The first-order valence-electron chi connectivity index (χ1n) is 8.23. The second-order valence-electron chi connectivity index (χ2n) is 7.82. The maximum atomic E-state index is 12.9. The van der Waals surface area contributed by atoms with E-state index >= 15 is 0 Å². The minimum absolute atomic E-state index is 0.162. The standard InChI is InChI=1S/C17H26N4O/c1-11-6-12(8-17(2,3)7-11)15(22)21-5-4-14-13(10-21)9-19-16(18)20-14/h9,11-12H,4-8,10H2,1-3H3,(H2,18,19,20). The summed E-state index contributed by atoms with van der Waals surface area (Å²) in [6.45, 7) is 8.20. The van der Waals surface area contributed by atoms with Crippen molar-refractivity contribution in [2.45, 2.75) is 53.0 Å². The van der Waals surface area contributed by atoms with E-state index in [-0.39, 0.29) is 11.3 Å². The molecule has 2 atom stereocenters. The molecule has 1 aliphatic carbocycles. The quantitative estimate of drug-likeness (QED) is 0.864. The van der Waals surface area contributed by atoms with Crippen LogP contribution in [0.1, 0.15) is 51.3 Å². The zero-order valence-electron chi connectivity index (χ0n) is 13.8. The number of nitrogens with two attached hydrogens (primary N) is 1. The van der Waals surface area contributed by atoms with Gasteiger partial charge < -0.3 is 10.6 Å². The van der Waals surface area contributed by atoms with E-state index < -0.39 is 0 Å². The fourth-order valence-corrected chi connectivity index (χ4v) is 4.31. The van der Waals surface area contributed by atoms with Crippen molar-refractivity contribution in [2.24, 2.45) is 17.3 Å². The van der Waals surface area contributed by atoms with Crippen molar-refractivity contribution in [3.05, 3.63) is 17.5 Å². The minimum Gasteiger partial charge on any atom is -0.368 e. The van der Waals surface area contributed by atoms with Gasteiger partial charge in [-0.15, -0.1) is 0 Å². The molecule has 2 N–H and O–H groups in total. The van der Waals surface area contributed by atoms with Crippen LogP contribution in [-0.2, 0) is 17.8 Å². The van der Waals surface area contributed by atoms with Gasteiger partial charge in [0.25, 0.3) is 0 Å². The second-order valence-corrected chi connectivity index (χ2v) is 7.82. The lowest BCUT2D eigenvalue weighted by molar-refractivity contribution is -0.139. The van der Waals surface area contributed by atoms with Crippen LogP contribution in [0.25, 0.3) is 0 Å². The minimum atomic E-state index is 0.162. The van der Waals surface area contributed by atoms with Crippen molar-refractivity contribution >= 4 is 11.9 Å². The molecular formula is C17H26N4O. The Bertz CT molecular complexity index is 584. The number of fused-ring (bicyclic) bond motifs is 1. The summed E-state index contributed by atoms with van der Waals surface area (Å²) < 4.78 is 0. The molecule has 2 unspecified atom stereocenters. The number of carbonyl (C=O) groups is 1. The van der Waals surface area contributed by atoms with Gasteiger partial charge in [-0.2, -0.15) is 0 Å². The molecule has 3 rings (SSSR count). The zero-order chi connectivity index (χ0) is 15.9. The summed E-state index contributed by atoms with van der Waals surface area (Å²) in [6.07, 6.45) is 5.78. The van der Waals surface area contributed by atoms with E-state index in [0.29, 0.717) is 24.3 Å². The molecule has 0 spiro atoms. The molecule has 22 heavy (non-hydrogen) atoms. The van der Waals surface area contributed by atoms with Crippen LogP contribution in [0.2, 0.25) is 0 Å². The average Bonchev–Trinajstić information content (AvgIpc) is 2.43. The Morgan fingerprint density at radius 2 is 2.18 bits per heavy atom. The molecule has 1 aromatic heterocycles. The monoisotopic (exact) mass is 302 g/mol. The topological polar surface area (TPSA) is 72.1 Å². The third-order valence-corrected chi connectivity index (χ3v) is 5.00. The number of hydrogen-bond donors (Lipinski definition) is 1. The van der Waals surface area contributed by atoms with Crippen LogP contribution < -0.4 is 5.73 Å². The molecule has 2 heterocycles. The van der Waals surface area contributed by atoms with Gasteiger partial charge in [0.1, 0.15) is 0 Å². The normalized spacial score (nSPS) is 27.3. The highest BCUT2D eigenvalue weighted by Crippen LogP contribution is 2.42. The average molecular weight is 302 g/mol. The summed E-state index contributed by atoms with van der Waals surface area (Å²) in [7, 11) is 0. The molecule has 120 valence electrons. The molecule has 1 aromatic rings. The van der Waals surface area contributed by atoms with Crippen LogP contribution in [-0.4, -0.2) is 27.3 Å². The van der Waals surface area contributed by atoms with E-state index in [2.05, 4.69) is 30.7 Å². The van der Waals surface area contributed by atoms with Gasteiger partial charge in [-0.3, -0.25) is 4.79 Å². The number of hydrogen-bond acceptors (Lipinski definition) is 4. The summed E-state index contributed by atoms with van der Waals surface area (Å²) in [5.74, 6) is 1.41. The van der Waals surface area contributed by atoms with Crippen molar-refractivity contribution in [1.29, 1.82) is 0 Å². The number of carbonyl (C=O) groups excluding carboxylic acids is 1. The number of anilines is 1. The van der Waals surface area contributed by atoms with Crippen molar-refractivity contribution in [2.75, 3.05) is 12.3 Å². The fourth-order valence-electron chi connectivity index (χ4n) is 4.31. The Morgan fingerprint density at radius 3 is 2.91 bits per heavy atom. The van der Waals surface area contributed by atoms with Gasteiger partial charge in [0.2, 0.25) is 11.9 Å². The Morgan fingerprint density at radius 1 is 1.41 bits per heavy atom. The first-order chi connectivity index (χ1) is 10.3. The van der Waals surface area contributed by atoms with E-state index in [1.807, 2.05) is 4.90 Å². The second kappa shape index (κ2) is 5.52. The van der Waals surface area contributed by atoms with Crippen molar-refractivity contribution in [3.63, 3.8) is 0 Å². The molecule has 0 aromatic carbocycles. The highest BCUT2D eigenvalue weighted by molar-refractivity contribution is 5.79. The van der Waals surface area contributed by atoms with Gasteiger partial charge in [-0.25, -0.2) is 9.97 Å². The summed E-state index contributed by atoms with van der Waals surface area (Å²) in [5, 5.41) is 0. The third-order valence-electron chi connectivity index (χ3n) is 5.00. The molecule has 5 heteroatoms. The Balaban J connectivity index is 1.72. The summed E-state index contributed by atoms with van der Waals surface area (Å²) in [6, 6.07) is 0. The SMILES string of the molecule is CC1CC(C(=O)N2CCc3nc(N)ncc3C2)CC(C)(C)C1. The van der Waals surface area contributed by atoms with Gasteiger partial charge in [0, 0.05) is 37.2 Å². The molecular weight excluding hydrogens is 276 g/mol. The van der Waals surface area contributed by atoms with Gasteiger partial charge >= 0.3 is 0 Å². The fraction of sp³-hybridized carbons (Fsp3) is 0.706. The van der Waals surface area contributed by atoms with E-state index in [0.717, 1.165) is 37.1 Å². The Labute approximate surface area is 132 Å². The van der Waals surface area contributed by atoms with Gasteiger partial charge in [-0.1, -0.05) is 20.8 Å². The van der Waals surface area contributed by atoms with Gasteiger partial charge in [-0.05, 0) is 30.6 Å². The molecule has 1 fully saturated rings. The zero-order valence-corrected chi connectivity index (χ0v) is 13.8. The molecule has 0 bridgehead atoms. The maximum absolute atomic E-state index is 12.9. The maximum Gasteiger partial charge on any atom is 0.226 e. The van der Waals surface area contributed by atoms with Crippen LogP contribution in [0.4, 0.5) is 5.95 Å². The van der Waals surface area contributed by atoms with Gasteiger partial charge in [0.15, 0.2) is 0 Å². The first-order valence-corrected chi connectivity index (χ1v) is 8.23. The smallest absolute Gasteiger partial charge is 0.226 e. The lowest BCUT2D eigenvalue weighted by atomic mass is 9.67. The third kappa shape index (κ3) is 3.08. The number of amides is 1. The first kappa shape index (κ1) is 15.3. The Hall–Kier alpha value is -1.65. The molecule has 5 nitrogen and oxygen atoms in total. The van der Waals surface area contributed by atoms with Crippen molar-refractivity contribution in [1.82, 2.24) is 14.9 Å². The van der Waals surface area contributed by atoms with E-state index in [1.165, 1.54) is 6.42 Å². The lowest BCUT2D eigenvalue weighted by Crippen LogP contribution is -2.43. The molecule has 1 saturated carbocycles. The highest BCUT2D eigenvalue weighted by Gasteiger charge is 2.37. The largest absolute Gasteiger partial charge is 0.368 e. The Kier molecular flexibility index (Phi) is 3.83. The van der Waals surface area contributed by atoms with Crippen LogP contribution >= 0.6 is 0 Å². The number of nitrogen functional groups attached to an aromatic ring is 1. The van der Waals surface area contributed by atoms with Crippen molar-refractivity contribution in [3.8, 4) is 0 Å². The van der Waals surface area contributed by atoms with E-state index in [9.17, 15) is 4.79 Å². The molecule has 2 aliphatic rings. The molecule has 1 amide bonds. The number of rotatable bonds is 1. The number of nitrogens with zero attached hydrogens (tertiary/aromatic N) is 3. The predicted octanol–water partition coefficient (Wildman–Crippen LogP) is 2.41. The highest BCUT2D eigenvalue weighted by atomic mass is 16.2. The van der Waals surface area contributed by atoms with Crippen LogP contribution in [0.15, 0.2) is 6.20 Å². The summed E-state index contributed by atoms with van der Waals surface area (Å²) in [4.78, 5) is 23.3. The van der Waals surface area contributed by atoms with Crippen LogP contribution in [0.3, 0.4) is 0 Å². The summed E-state index contributed by atoms with van der Waals surface area (Å²) >= 11 is 0. The van der Waals surface area contributed by atoms with E-state index in [1.54, 1.807) is 6.20 Å². The summed E-state index contributed by atoms with van der Waals surface area (Å²) in [5.41, 5.74) is 7.94. The van der Waals surface area contributed by atoms with Crippen LogP contribution in [0, 0.1) is 17.3 Å². The molecule has 0 saturated heterocycles. The molecule has 1 aliphatic heterocycles. The molecule has 0 radical (unpaired) electrons. The predicted molar refractivity (Wildman–Crippen MR) is 85.9 cm³/mol. The van der Waals surface area contributed by atoms with Crippen LogP contribution in [0.5, 0.6) is 0 Å². The number of aromatic nitrogens is 2. The lowest BCUT2D eigenvalue weighted by Gasteiger charge is -2.40. The van der Waals surface area contributed by atoms with Crippen molar-refractivity contribution < 1.29 is 4.79 Å².